The molecule has 0 amide bonds. The summed E-state index contributed by atoms with van der Waals surface area (Å²) in [6, 6.07) is 1.21. The van der Waals surface area contributed by atoms with Gasteiger partial charge in [-0.05, 0) is 20.3 Å². The molecule has 0 aromatic carbocycles. The van der Waals surface area contributed by atoms with Crippen LogP contribution in [0.3, 0.4) is 0 Å². The minimum Gasteiger partial charge on any atom is -0.239 e. The molecule has 1 rings (SSSR count). The van der Waals surface area contributed by atoms with E-state index in [-0.39, 0.29) is 0 Å². The van der Waals surface area contributed by atoms with Crippen molar-refractivity contribution in [3.8, 4) is 0 Å². The molecule has 1 fully saturated rings. The highest BCUT2D eigenvalue weighted by molar-refractivity contribution is 4.70. The molecule has 0 aromatic rings. The molecule has 3 nitrogen and oxygen atoms in total. The molecule has 0 bridgehead atoms. The van der Waals surface area contributed by atoms with Gasteiger partial charge in [0.2, 0.25) is 0 Å². The van der Waals surface area contributed by atoms with E-state index in [1.807, 2.05) is 12.2 Å². The molecule has 0 saturated carbocycles. The van der Waals surface area contributed by atoms with Crippen LogP contribution in [0.25, 0.3) is 0 Å². The van der Waals surface area contributed by atoms with Gasteiger partial charge in [0.1, 0.15) is 0 Å². The summed E-state index contributed by atoms with van der Waals surface area (Å²) in [6.45, 7) is 4.38. The van der Waals surface area contributed by atoms with E-state index in [9.17, 15) is 0 Å². The average Bonchev–Trinajstić information content (AvgIpc) is 1.59. The summed E-state index contributed by atoms with van der Waals surface area (Å²) in [7, 11) is 1.99. The maximum atomic E-state index is 3.23. The molecular formula is C6H15N3. The lowest BCUT2D eigenvalue weighted by atomic mass is 10.1. The van der Waals surface area contributed by atoms with Gasteiger partial charge < -0.3 is 0 Å². The number of rotatable bonds is 0. The number of hydrazine groups is 2. The molecule has 9 heavy (non-hydrogen) atoms. The summed E-state index contributed by atoms with van der Waals surface area (Å²) < 4.78 is 0. The molecule has 2 N–H and O–H groups in total. The van der Waals surface area contributed by atoms with Crippen molar-refractivity contribution in [3.05, 3.63) is 0 Å². The highest BCUT2D eigenvalue weighted by atomic mass is 15.7. The Bertz CT molecular complexity index is 69.3. The van der Waals surface area contributed by atoms with Crippen LogP contribution in [0.4, 0.5) is 0 Å². The van der Waals surface area contributed by atoms with Gasteiger partial charge in [0.25, 0.3) is 0 Å². The van der Waals surface area contributed by atoms with Crippen LogP contribution in [0.5, 0.6) is 0 Å². The predicted molar refractivity (Wildman–Crippen MR) is 37.6 cm³/mol. The van der Waals surface area contributed by atoms with Crippen molar-refractivity contribution in [2.24, 2.45) is 0 Å². The predicted octanol–water partition coefficient (Wildman–Crippen LogP) is 0.108. The molecule has 0 radical (unpaired) electrons. The topological polar surface area (TPSA) is 27.3 Å². The van der Waals surface area contributed by atoms with Gasteiger partial charge >= 0.3 is 0 Å². The summed E-state index contributed by atoms with van der Waals surface area (Å²) >= 11 is 0. The van der Waals surface area contributed by atoms with E-state index in [0.717, 1.165) is 0 Å². The lowest BCUT2D eigenvalue weighted by molar-refractivity contribution is 0.0610. The van der Waals surface area contributed by atoms with Crippen molar-refractivity contribution < 1.29 is 0 Å². The molecule has 1 aliphatic rings. The maximum Gasteiger partial charge on any atom is 0.0215 e. The van der Waals surface area contributed by atoms with Crippen LogP contribution in [0, 0.1) is 0 Å². The first-order chi connectivity index (χ1) is 4.18. The van der Waals surface area contributed by atoms with Crippen LogP contribution in [0.2, 0.25) is 0 Å². The first-order valence-electron chi connectivity index (χ1n) is 3.44. The quantitative estimate of drug-likeness (QED) is 0.486. The Labute approximate surface area is 56.4 Å². The molecule has 54 valence electrons. The molecule has 0 aromatic heterocycles. The van der Waals surface area contributed by atoms with Crippen molar-refractivity contribution in [2.75, 3.05) is 7.05 Å². The SMILES string of the molecule is CC1CC(C)NN(C)N1. The van der Waals surface area contributed by atoms with Crippen molar-refractivity contribution in [1.29, 1.82) is 0 Å². The minimum absolute atomic E-state index is 0.603. The second-order valence-electron chi connectivity index (χ2n) is 2.86. The first-order valence-corrected chi connectivity index (χ1v) is 3.44. The van der Waals surface area contributed by atoms with Crippen molar-refractivity contribution in [1.82, 2.24) is 16.0 Å². The molecule has 3 heteroatoms. The van der Waals surface area contributed by atoms with Crippen LogP contribution < -0.4 is 10.9 Å². The Kier molecular flexibility index (Phi) is 2.05. The Balaban J connectivity index is 2.34. The summed E-state index contributed by atoms with van der Waals surface area (Å²) in [5.74, 6) is 0. The zero-order valence-corrected chi connectivity index (χ0v) is 6.31. The van der Waals surface area contributed by atoms with Gasteiger partial charge in [-0.2, -0.15) is 5.12 Å². The average molecular weight is 129 g/mol. The number of hydrogen-bond acceptors (Lipinski definition) is 3. The van der Waals surface area contributed by atoms with Gasteiger partial charge in [-0.25, -0.2) is 10.9 Å². The fraction of sp³-hybridized carbons (Fsp3) is 1.00. The number of nitrogens with one attached hydrogen (secondary N) is 2. The van der Waals surface area contributed by atoms with E-state index < -0.39 is 0 Å². The highest BCUT2D eigenvalue weighted by Gasteiger charge is 2.16. The standard InChI is InChI=1S/C6H15N3/c1-5-4-6(2)8-9(3)7-5/h5-8H,4H2,1-3H3. The van der Waals surface area contributed by atoms with Gasteiger partial charge in [0.15, 0.2) is 0 Å². The molecule has 1 aliphatic heterocycles. The molecule has 1 heterocycles. The third-order valence-corrected chi connectivity index (χ3v) is 1.54. The zero-order valence-electron chi connectivity index (χ0n) is 6.31. The van der Waals surface area contributed by atoms with E-state index in [2.05, 4.69) is 24.7 Å². The van der Waals surface area contributed by atoms with Crippen molar-refractivity contribution in [2.45, 2.75) is 32.4 Å². The molecule has 2 unspecified atom stereocenters. The Morgan fingerprint density at radius 3 is 2.00 bits per heavy atom. The van der Waals surface area contributed by atoms with Gasteiger partial charge in [-0.1, -0.05) is 0 Å². The largest absolute Gasteiger partial charge is 0.239 e. The van der Waals surface area contributed by atoms with E-state index in [1.54, 1.807) is 0 Å². The normalized spacial score (nSPS) is 39.0. The molecule has 1 saturated heterocycles. The minimum atomic E-state index is 0.603. The van der Waals surface area contributed by atoms with Gasteiger partial charge in [-0.15, -0.1) is 0 Å². The van der Waals surface area contributed by atoms with Gasteiger partial charge in [0.05, 0.1) is 0 Å². The van der Waals surface area contributed by atoms with Gasteiger partial charge in [-0.3, -0.25) is 0 Å². The first kappa shape index (κ1) is 6.99. The second-order valence-corrected chi connectivity index (χ2v) is 2.86. The third-order valence-electron chi connectivity index (χ3n) is 1.54. The fourth-order valence-electron chi connectivity index (χ4n) is 1.33. The smallest absolute Gasteiger partial charge is 0.0215 e. The number of hydrogen-bond donors (Lipinski definition) is 2. The molecule has 0 spiro atoms. The fourth-order valence-corrected chi connectivity index (χ4v) is 1.33. The van der Waals surface area contributed by atoms with E-state index in [1.165, 1.54) is 6.42 Å². The third kappa shape index (κ3) is 1.93. The van der Waals surface area contributed by atoms with Crippen LogP contribution in [0.1, 0.15) is 20.3 Å². The highest BCUT2D eigenvalue weighted by Crippen LogP contribution is 2.01. The summed E-state index contributed by atoms with van der Waals surface area (Å²) in [6.07, 6.45) is 1.20. The van der Waals surface area contributed by atoms with E-state index in [0.29, 0.717) is 12.1 Å². The molecule has 0 aliphatic carbocycles. The van der Waals surface area contributed by atoms with Crippen molar-refractivity contribution in [3.63, 3.8) is 0 Å². The second kappa shape index (κ2) is 2.64. The summed E-state index contributed by atoms with van der Waals surface area (Å²) in [5.41, 5.74) is 6.46. The van der Waals surface area contributed by atoms with Crippen LogP contribution in [-0.2, 0) is 0 Å². The summed E-state index contributed by atoms with van der Waals surface area (Å²) in [5, 5.41) is 1.93. The van der Waals surface area contributed by atoms with Gasteiger partial charge in [0, 0.05) is 19.1 Å². The zero-order chi connectivity index (χ0) is 6.85. The number of nitrogens with zero attached hydrogens (tertiary/aromatic N) is 1. The van der Waals surface area contributed by atoms with E-state index >= 15 is 0 Å². The molecular weight excluding hydrogens is 114 g/mol. The molecule has 2 atom stereocenters. The van der Waals surface area contributed by atoms with Crippen molar-refractivity contribution >= 4 is 0 Å². The Morgan fingerprint density at radius 1 is 1.22 bits per heavy atom. The Hall–Kier alpha value is -0.120. The van der Waals surface area contributed by atoms with Crippen LogP contribution in [0.15, 0.2) is 0 Å². The maximum absolute atomic E-state index is 3.23. The lowest BCUT2D eigenvalue weighted by Crippen LogP contribution is -2.58. The van der Waals surface area contributed by atoms with Crippen LogP contribution in [-0.4, -0.2) is 24.2 Å². The summed E-state index contributed by atoms with van der Waals surface area (Å²) in [4.78, 5) is 0. The Morgan fingerprint density at radius 2 is 1.67 bits per heavy atom. The van der Waals surface area contributed by atoms with Crippen LogP contribution >= 0.6 is 0 Å². The lowest BCUT2D eigenvalue weighted by Gasteiger charge is -2.34. The van der Waals surface area contributed by atoms with E-state index in [4.69, 9.17) is 0 Å². The monoisotopic (exact) mass is 129 g/mol.